The molecule has 0 heterocycles. The van der Waals surface area contributed by atoms with Crippen LogP contribution in [0.2, 0.25) is 0 Å². The zero-order valence-corrected chi connectivity index (χ0v) is 20.9. The van der Waals surface area contributed by atoms with Crippen LogP contribution in [0.25, 0.3) is 0 Å². The summed E-state index contributed by atoms with van der Waals surface area (Å²) in [5, 5.41) is 3.90. The molecule has 0 aromatic heterocycles. The Bertz CT molecular complexity index is 685. The van der Waals surface area contributed by atoms with Crippen LogP contribution in [0.3, 0.4) is 0 Å². The van der Waals surface area contributed by atoms with Gasteiger partial charge in [-0.05, 0) is 24.1 Å². The lowest BCUT2D eigenvalue weighted by molar-refractivity contribution is 0.536. The number of hydrogen-bond donors (Lipinski definition) is 1. The van der Waals surface area contributed by atoms with Gasteiger partial charge >= 0.3 is 0 Å². The van der Waals surface area contributed by atoms with Gasteiger partial charge in [-0.3, -0.25) is 0 Å². The minimum Gasteiger partial charge on any atom is -0.378 e. The Balaban J connectivity index is 2.01. The average Bonchev–Trinajstić information content (AvgIpc) is 2.74. The second-order valence-corrected chi connectivity index (χ2v) is 10.6. The summed E-state index contributed by atoms with van der Waals surface area (Å²) in [5.74, 6) is 0.141. The van der Waals surface area contributed by atoms with E-state index in [4.69, 9.17) is 0 Å². The van der Waals surface area contributed by atoms with Gasteiger partial charge in [-0.25, -0.2) is 13.2 Å². The Hall–Kier alpha value is -1.56. The first-order valence-corrected chi connectivity index (χ1v) is 13.9. The van der Waals surface area contributed by atoms with E-state index < -0.39 is 10.0 Å². The smallest absolute Gasteiger partial charge is 0.247 e. The van der Waals surface area contributed by atoms with Crippen molar-refractivity contribution in [1.82, 2.24) is 4.83 Å². The molecular weight excluding hydrogens is 406 g/mol. The molecule has 0 fully saturated rings. The number of nitrogens with one attached hydrogen (secondary N) is 1. The van der Waals surface area contributed by atoms with Crippen molar-refractivity contribution < 1.29 is 8.42 Å². The van der Waals surface area contributed by atoms with Gasteiger partial charge in [0.2, 0.25) is 10.0 Å². The summed E-state index contributed by atoms with van der Waals surface area (Å²) >= 11 is 0. The molecule has 0 saturated heterocycles. The van der Waals surface area contributed by atoms with Gasteiger partial charge in [-0.15, -0.1) is 0 Å². The van der Waals surface area contributed by atoms with Crippen LogP contribution in [0, 0.1) is 0 Å². The van der Waals surface area contributed by atoms with Crippen molar-refractivity contribution in [3.05, 3.63) is 29.8 Å². The molecular formula is C25H45N3O2S. The van der Waals surface area contributed by atoms with E-state index >= 15 is 0 Å². The molecule has 0 unspecified atom stereocenters. The number of hydrazone groups is 1. The molecule has 1 aromatic rings. The van der Waals surface area contributed by atoms with Crippen molar-refractivity contribution >= 4 is 21.9 Å². The quantitative estimate of drug-likeness (QED) is 0.149. The lowest BCUT2D eigenvalue weighted by atomic mass is 10.0. The van der Waals surface area contributed by atoms with Crippen LogP contribution in [0.15, 0.2) is 29.4 Å². The standard InChI is InChI=1S/C25H45N3O2S/c1-4-5-6-7-8-9-10-11-12-13-14-15-16-17-22-31(29,30)27-26-23-24-18-20-25(21-19-24)28(2)3/h18-21,23,27H,4-17,22H2,1-3H3. The van der Waals surface area contributed by atoms with Crippen LogP contribution in [-0.2, 0) is 10.0 Å². The van der Waals surface area contributed by atoms with Crippen molar-refractivity contribution in [2.45, 2.75) is 96.8 Å². The molecule has 0 radical (unpaired) electrons. The first-order chi connectivity index (χ1) is 14.9. The largest absolute Gasteiger partial charge is 0.378 e. The molecule has 1 N–H and O–H groups in total. The maximum absolute atomic E-state index is 12.1. The Labute approximate surface area is 191 Å². The van der Waals surface area contributed by atoms with Gasteiger partial charge in [0.1, 0.15) is 0 Å². The second-order valence-electron chi connectivity index (χ2n) is 8.75. The van der Waals surface area contributed by atoms with Crippen molar-refractivity contribution in [3.63, 3.8) is 0 Å². The summed E-state index contributed by atoms with van der Waals surface area (Å²) in [5.41, 5.74) is 1.96. The molecule has 5 nitrogen and oxygen atoms in total. The van der Waals surface area contributed by atoms with Crippen LogP contribution in [0.1, 0.15) is 102 Å². The van der Waals surface area contributed by atoms with E-state index in [1.165, 1.54) is 70.6 Å². The van der Waals surface area contributed by atoms with Crippen molar-refractivity contribution in [3.8, 4) is 0 Å². The number of hydrogen-bond acceptors (Lipinski definition) is 4. The second kappa shape index (κ2) is 17.0. The van der Waals surface area contributed by atoms with E-state index in [2.05, 4.69) is 16.9 Å². The highest BCUT2D eigenvalue weighted by atomic mass is 32.2. The van der Waals surface area contributed by atoms with Gasteiger partial charge in [0, 0.05) is 19.8 Å². The minimum atomic E-state index is -3.35. The number of nitrogens with zero attached hydrogens (tertiary/aromatic N) is 2. The molecule has 0 amide bonds. The first kappa shape index (κ1) is 27.5. The number of unbranched alkanes of at least 4 members (excludes halogenated alkanes) is 13. The molecule has 0 spiro atoms. The minimum absolute atomic E-state index is 0.141. The van der Waals surface area contributed by atoms with Crippen molar-refractivity contribution in [2.75, 3.05) is 24.7 Å². The molecule has 0 aliphatic carbocycles. The Morgan fingerprint density at radius 3 is 1.68 bits per heavy atom. The Kier molecular flexibility index (Phi) is 15.1. The number of sulfonamides is 1. The monoisotopic (exact) mass is 451 g/mol. The SMILES string of the molecule is CCCCCCCCCCCCCCCCS(=O)(=O)NN=Cc1ccc(N(C)C)cc1. The highest BCUT2D eigenvalue weighted by Crippen LogP contribution is 2.13. The fraction of sp³-hybridized carbons (Fsp3) is 0.720. The predicted molar refractivity (Wildman–Crippen MR) is 136 cm³/mol. The van der Waals surface area contributed by atoms with Crippen LogP contribution < -0.4 is 9.73 Å². The third kappa shape index (κ3) is 15.0. The Morgan fingerprint density at radius 2 is 1.23 bits per heavy atom. The maximum atomic E-state index is 12.1. The van der Waals surface area contributed by atoms with Crippen molar-refractivity contribution in [1.29, 1.82) is 0 Å². The summed E-state index contributed by atoms with van der Waals surface area (Å²) in [6.45, 7) is 2.26. The van der Waals surface area contributed by atoms with Gasteiger partial charge in [-0.2, -0.15) is 5.10 Å². The summed E-state index contributed by atoms with van der Waals surface area (Å²) in [6.07, 6.45) is 19.1. The van der Waals surface area contributed by atoms with E-state index in [9.17, 15) is 8.42 Å². The van der Waals surface area contributed by atoms with E-state index in [0.29, 0.717) is 6.42 Å². The highest BCUT2D eigenvalue weighted by molar-refractivity contribution is 7.89. The van der Waals surface area contributed by atoms with Crippen LogP contribution in [0.5, 0.6) is 0 Å². The van der Waals surface area contributed by atoms with E-state index in [0.717, 1.165) is 24.1 Å². The number of anilines is 1. The van der Waals surface area contributed by atoms with E-state index in [1.807, 2.05) is 43.3 Å². The zero-order chi connectivity index (χ0) is 22.8. The van der Waals surface area contributed by atoms with Crippen LogP contribution in [0.4, 0.5) is 5.69 Å². The lowest BCUT2D eigenvalue weighted by Crippen LogP contribution is -2.21. The molecule has 1 rings (SSSR count). The summed E-state index contributed by atoms with van der Waals surface area (Å²) in [7, 11) is 0.616. The topological polar surface area (TPSA) is 61.8 Å². The predicted octanol–water partition coefficient (Wildman–Crippen LogP) is 6.49. The first-order valence-electron chi connectivity index (χ1n) is 12.2. The summed E-state index contributed by atoms with van der Waals surface area (Å²) in [4.78, 5) is 4.34. The third-order valence-electron chi connectivity index (χ3n) is 5.58. The fourth-order valence-corrected chi connectivity index (χ4v) is 4.46. The van der Waals surface area contributed by atoms with Gasteiger partial charge < -0.3 is 4.90 Å². The number of benzene rings is 1. The van der Waals surface area contributed by atoms with Gasteiger partial charge in [0.15, 0.2) is 0 Å². The summed E-state index contributed by atoms with van der Waals surface area (Å²) in [6, 6.07) is 7.79. The van der Waals surface area contributed by atoms with Gasteiger partial charge in [0.05, 0.1) is 12.0 Å². The average molecular weight is 452 g/mol. The van der Waals surface area contributed by atoms with Crippen LogP contribution in [-0.4, -0.2) is 34.5 Å². The molecule has 0 bridgehead atoms. The normalized spacial score (nSPS) is 11.8. The fourth-order valence-electron chi connectivity index (χ4n) is 3.57. The van der Waals surface area contributed by atoms with E-state index in [-0.39, 0.29) is 5.75 Å². The van der Waals surface area contributed by atoms with Crippen LogP contribution >= 0.6 is 0 Å². The highest BCUT2D eigenvalue weighted by Gasteiger charge is 2.07. The molecule has 31 heavy (non-hydrogen) atoms. The summed E-state index contributed by atoms with van der Waals surface area (Å²) < 4.78 is 24.1. The molecule has 0 atom stereocenters. The molecule has 0 aliphatic heterocycles. The van der Waals surface area contributed by atoms with Gasteiger partial charge in [0.25, 0.3) is 0 Å². The molecule has 6 heteroatoms. The van der Waals surface area contributed by atoms with Crippen molar-refractivity contribution in [2.24, 2.45) is 5.10 Å². The maximum Gasteiger partial charge on any atom is 0.247 e. The number of rotatable bonds is 19. The van der Waals surface area contributed by atoms with Gasteiger partial charge in [-0.1, -0.05) is 103 Å². The lowest BCUT2D eigenvalue weighted by Gasteiger charge is -2.11. The molecule has 0 saturated carbocycles. The molecule has 1 aromatic carbocycles. The third-order valence-corrected chi connectivity index (χ3v) is 6.79. The zero-order valence-electron chi connectivity index (χ0n) is 20.1. The Morgan fingerprint density at radius 1 is 0.774 bits per heavy atom. The molecule has 178 valence electrons. The van der Waals surface area contributed by atoms with E-state index in [1.54, 1.807) is 6.21 Å². The molecule has 0 aliphatic rings.